The Bertz CT molecular complexity index is 1070. The largest absolute Gasteiger partial charge is 0.504 e. The number of nitrogens with one attached hydrogen (secondary N) is 2. The van der Waals surface area contributed by atoms with Crippen LogP contribution in [0.1, 0.15) is 19.4 Å². The van der Waals surface area contributed by atoms with E-state index in [1.54, 1.807) is 12.1 Å². The SMILES string of the molecule is CCOc1cc(/C=N/NC(=O)CSc2n[nH]c(-c3ccc(Cl)cc3)[n+]2CC)ccc1O. The molecule has 0 spiro atoms. The molecule has 3 N–H and O–H groups in total. The number of thioether (sulfide) groups is 1. The molecule has 0 atom stereocenters. The lowest BCUT2D eigenvalue weighted by Crippen LogP contribution is -2.36. The summed E-state index contributed by atoms with van der Waals surface area (Å²) >= 11 is 7.27. The molecule has 0 radical (unpaired) electrons. The van der Waals surface area contributed by atoms with Gasteiger partial charge in [-0.2, -0.15) is 5.10 Å². The summed E-state index contributed by atoms with van der Waals surface area (Å²) in [6.45, 7) is 4.97. The Kier molecular flexibility index (Phi) is 7.91. The highest BCUT2D eigenvalue weighted by atomic mass is 35.5. The molecule has 1 heterocycles. The van der Waals surface area contributed by atoms with E-state index in [9.17, 15) is 9.90 Å². The van der Waals surface area contributed by atoms with Gasteiger partial charge in [0.1, 0.15) is 0 Å². The molecule has 10 heteroatoms. The molecule has 0 aliphatic carbocycles. The fourth-order valence-corrected chi connectivity index (χ4v) is 3.71. The smallest absolute Gasteiger partial charge is 0.337 e. The molecule has 162 valence electrons. The number of nitrogens with zero attached hydrogens (tertiary/aromatic N) is 3. The number of carbonyl (C=O) groups excluding carboxylic acids is 1. The van der Waals surface area contributed by atoms with Crippen molar-refractivity contribution in [2.45, 2.75) is 25.5 Å². The van der Waals surface area contributed by atoms with Crippen LogP contribution in [-0.2, 0) is 11.3 Å². The highest BCUT2D eigenvalue weighted by Gasteiger charge is 2.21. The first-order valence-corrected chi connectivity index (χ1v) is 11.0. The van der Waals surface area contributed by atoms with Crippen LogP contribution in [0.3, 0.4) is 0 Å². The quantitative estimate of drug-likeness (QED) is 0.196. The van der Waals surface area contributed by atoms with Crippen molar-refractivity contribution in [3.63, 3.8) is 0 Å². The van der Waals surface area contributed by atoms with Gasteiger partial charge in [-0.15, -0.1) is 5.10 Å². The molecule has 0 saturated heterocycles. The van der Waals surface area contributed by atoms with E-state index in [2.05, 4.69) is 20.7 Å². The number of halogens is 1. The van der Waals surface area contributed by atoms with Crippen molar-refractivity contribution in [2.24, 2.45) is 5.10 Å². The minimum Gasteiger partial charge on any atom is -0.504 e. The first kappa shape index (κ1) is 22.6. The van der Waals surface area contributed by atoms with Crippen molar-refractivity contribution in [1.82, 2.24) is 15.6 Å². The van der Waals surface area contributed by atoms with E-state index in [0.29, 0.717) is 34.6 Å². The van der Waals surface area contributed by atoms with Gasteiger partial charge >= 0.3 is 5.16 Å². The number of hydrogen-bond donors (Lipinski definition) is 3. The number of ether oxygens (including phenoxy) is 1. The van der Waals surface area contributed by atoms with Gasteiger partial charge in [0.2, 0.25) is 0 Å². The summed E-state index contributed by atoms with van der Waals surface area (Å²) in [6.07, 6.45) is 1.49. The van der Waals surface area contributed by atoms with Gasteiger partial charge in [-0.3, -0.25) is 4.79 Å². The zero-order chi connectivity index (χ0) is 22.2. The second-order valence-corrected chi connectivity index (χ2v) is 7.73. The molecular weight excluding hydrogens is 438 g/mol. The second kappa shape index (κ2) is 10.8. The van der Waals surface area contributed by atoms with Gasteiger partial charge in [0.05, 0.1) is 35.8 Å². The predicted octanol–water partition coefficient (Wildman–Crippen LogP) is 3.38. The Balaban J connectivity index is 1.58. The number of hydrazone groups is 1. The average molecular weight is 461 g/mol. The van der Waals surface area contributed by atoms with Crippen molar-refractivity contribution in [1.29, 1.82) is 0 Å². The lowest BCUT2D eigenvalue weighted by molar-refractivity contribution is -0.719. The summed E-state index contributed by atoms with van der Waals surface area (Å²) in [4.78, 5) is 12.2. The third-order valence-corrected chi connectivity index (χ3v) is 5.44. The van der Waals surface area contributed by atoms with E-state index in [1.807, 2.05) is 42.7 Å². The van der Waals surface area contributed by atoms with Crippen molar-refractivity contribution in [2.75, 3.05) is 12.4 Å². The number of amides is 1. The molecule has 0 fully saturated rings. The Morgan fingerprint density at radius 2 is 2.10 bits per heavy atom. The fourth-order valence-electron chi connectivity index (χ4n) is 2.77. The van der Waals surface area contributed by atoms with E-state index in [0.717, 1.165) is 11.4 Å². The lowest BCUT2D eigenvalue weighted by atomic mass is 10.2. The highest BCUT2D eigenvalue weighted by molar-refractivity contribution is 7.99. The molecule has 0 unspecified atom stereocenters. The summed E-state index contributed by atoms with van der Waals surface area (Å²) in [5.41, 5.74) is 4.14. The topological polar surface area (TPSA) is 103 Å². The highest BCUT2D eigenvalue weighted by Crippen LogP contribution is 2.26. The van der Waals surface area contributed by atoms with E-state index >= 15 is 0 Å². The van der Waals surface area contributed by atoms with Crippen LogP contribution in [0.15, 0.2) is 52.7 Å². The number of aromatic nitrogens is 3. The van der Waals surface area contributed by atoms with Crippen LogP contribution >= 0.6 is 23.4 Å². The lowest BCUT2D eigenvalue weighted by Gasteiger charge is -2.06. The van der Waals surface area contributed by atoms with Gasteiger partial charge in [-0.05, 0) is 73.6 Å². The van der Waals surface area contributed by atoms with Crippen molar-refractivity contribution >= 4 is 35.5 Å². The van der Waals surface area contributed by atoms with Gasteiger partial charge in [0, 0.05) is 5.02 Å². The van der Waals surface area contributed by atoms with E-state index in [1.165, 1.54) is 24.0 Å². The Morgan fingerprint density at radius 3 is 2.81 bits per heavy atom. The Hall–Kier alpha value is -3.04. The zero-order valence-electron chi connectivity index (χ0n) is 17.1. The predicted molar refractivity (Wildman–Crippen MR) is 121 cm³/mol. The number of phenols is 1. The van der Waals surface area contributed by atoms with Gasteiger partial charge < -0.3 is 9.84 Å². The molecule has 0 aliphatic heterocycles. The van der Waals surface area contributed by atoms with Crippen molar-refractivity contribution < 1.29 is 19.2 Å². The number of aromatic amines is 1. The number of benzene rings is 2. The zero-order valence-corrected chi connectivity index (χ0v) is 18.7. The van der Waals surface area contributed by atoms with Crippen LogP contribution in [0.4, 0.5) is 0 Å². The summed E-state index contributed by atoms with van der Waals surface area (Å²) < 4.78 is 7.33. The summed E-state index contributed by atoms with van der Waals surface area (Å²) in [5, 5.41) is 22.4. The maximum atomic E-state index is 12.2. The van der Waals surface area contributed by atoms with E-state index < -0.39 is 0 Å². The molecule has 1 amide bonds. The van der Waals surface area contributed by atoms with E-state index in [4.69, 9.17) is 16.3 Å². The van der Waals surface area contributed by atoms with Gasteiger partial charge in [-0.25, -0.2) is 9.99 Å². The van der Waals surface area contributed by atoms with Gasteiger partial charge in [-0.1, -0.05) is 11.6 Å². The first-order chi connectivity index (χ1) is 15.0. The maximum absolute atomic E-state index is 12.2. The second-order valence-electron chi connectivity index (χ2n) is 6.35. The number of phenolic OH excluding ortho intramolecular Hbond substituents is 1. The Morgan fingerprint density at radius 1 is 1.32 bits per heavy atom. The number of rotatable bonds is 9. The molecule has 3 aromatic rings. The van der Waals surface area contributed by atoms with Crippen molar-refractivity contribution in [3.05, 3.63) is 53.1 Å². The number of H-pyrrole nitrogens is 1. The monoisotopic (exact) mass is 460 g/mol. The Labute approximate surface area is 189 Å². The minimum atomic E-state index is -0.260. The molecule has 0 saturated carbocycles. The fraction of sp³-hybridized carbons (Fsp3) is 0.238. The number of carbonyl (C=O) groups is 1. The summed E-state index contributed by atoms with van der Waals surface area (Å²) in [5.74, 6) is 1.16. The van der Waals surface area contributed by atoms with E-state index in [-0.39, 0.29) is 17.4 Å². The third kappa shape index (κ3) is 5.99. The molecule has 2 aromatic carbocycles. The van der Waals surface area contributed by atoms with Crippen LogP contribution in [0.5, 0.6) is 11.5 Å². The molecule has 3 rings (SSSR count). The molecule has 0 aliphatic rings. The van der Waals surface area contributed by atoms with Crippen LogP contribution in [0.2, 0.25) is 5.02 Å². The van der Waals surface area contributed by atoms with Crippen LogP contribution in [0, 0.1) is 0 Å². The number of aromatic hydroxyl groups is 1. The molecule has 0 bridgehead atoms. The van der Waals surface area contributed by atoms with Crippen LogP contribution < -0.4 is 14.7 Å². The van der Waals surface area contributed by atoms with Crippen LogP contribution in [0.25, 0.3) is 11.4 Å². The third-order valence-electron chi connectivity index (χ3n) is 4.21. The normalized spacial score (nSPS) is 11.1. The minimum absolute atomic E-state index is 0.0561. The standard InChI is InChI=1S/C21H22ClN5O3S/c1-3-27-20(15-6-8-16(22)9-7-15)25-26-21(27)31-13-19(29)24-23-12-14-5-10-17(28)18(11-14)30-4-2/h5-12H,3-4,13H2,1-2H3,(H2,23,24,28,29)/p+1. The average Bonchev–Trinajstić information content (AvgIpc) is 3.18. The summed E-state index contributed by atoms with van der Waals surface area (Å²) in [6, 6.07) is 12.3. The molecule has 1 aromatic heterocycles. The number of hydrogen-bond acceptors (Lipinski definition) is 6. The molecular formula is C21H23ClN5O3S+. The first-order valence-electron chi connectivity index (χ1n) is 9.66. The molecule has 31 heavy (non-hydrogen) atoms. The van der Waals surface area contributed by atoms with Gasteiger partial charge in [0.15, 0.2) is 11.5 Å². The van der Waals surface area contributed by atoms with Crippen molar-refractivity contribution in [3.8, 4) is 22.9 Å². The maximum Gasteiger partial charge on any atom is 0.337 e. The van der Waals surface area contributed by atoms with Crippen LogP contribution in [-0.4, -0.2) is 39.8 Å². The molecule has 8 nitrogen and oxygen atoms in total. The van der Waals surface area contributed by atoms with Gasteiger partial charge in [0.25, 0.3) is 11.7 Å². The summed E-state index contributed by atoms with van der Waals surface area (Å²) in [7, 11) is 0.